The lowest BCUT2D eigenvalue weighted by Crippen LogP contribution is -2.39. The molecule has 1 aliphatic heterocycles. The third kappa shape index (κ3) is 5.57. The molecule has 1 aliphatic rings. The van der Waals surface area contributed by atoms with Crippen LogP contribution in [0.5, 0.6) is 0 Å². The minimum absolute atomic E-state index is 0.0664. The molecule has 2 unspecified atom stereocenters. The van der Waals surface area contributed by atoms with Crippen LogP contribution in [0, 0.1) is 11.8 Å². The van der Waals surface area contributed by atoms with Crippen LogP contribution < -0.4 is 5.73 Å². The summed E-state index contributed by atoms with van der Waals surface area (Å²) in [5.41, 5.74) is 6.03. The minimum atomic E-state index is -0.199. The molecule has 0 spiro atoms. The zero-order valence-electron chi connectivity index (χ0n) is 14.7. The molecule has 1 rings (SSSR count). The van der Waals surface area contributed by atoms with E-state index in [1.54, 1.807) is 9.80 Å². The van der Waals surface area contributed by atoms with Gasteiger partial charge < -0.3 is 20.4 Å². The maximum atomic E-state index is 12.5. The number of rotatable bonds is 8. The molecule has 22 heavy (non-hydrogen) atoms. The van der Waals surface area contributed by atoms with Gasteiger partial charge in [-0.2, -0.15) is 0 Å². The summed E-state index contributed by atoms with van der Waals surface area (Å²) in [6.07, 6.45) is 1.14. The Kier molecular flexibility index (Phi) is 7.29. The molecule has 0 aromatic rings. The summed E-state index contributed by atoms with van der Waals surface area (Å²) in [5.74, 6) is 0.372. The molecule has 0 aromatic heterocycles. The largest absolute Gasteiger partial charge is 0.345 e. The smallest absolute Gasteiger partial charge is 0.227 e. The Morgan fingerprint density at radius 1 is 1.32 bits per heavy atom. The summed E-state index contributed by atoms with van der Waals surface area (Å²) in [6, 6.07) is 0.108. The van der Waals surface area contributed by atoms with Gasteiger partial charge in [0.15, 0.2) is 0 Å². The Hall–Kier alpha value is -1.14. The molecule has 0 aliphatic carbocycles. The van der Waals surface area contributed by atoms with Crippen molar-refractivity contribution in [2.45, 2.75) is 32.7 Å². The van der Waals surface area contributed by atoms with Gasteiger partial charge in [0.1, 0.15) is 0 Å². The van der Waals surface area contributed by atoms with E-state index in [2.05, 4.69) is 13.8 Å². The lowest BCUT2D eigenvalue weighted by atomic mass is 10.0. The van der Waals surface area contributed by atoms with E-state index in [9.17, 15) is 9.59 Å². The van der Waals surface area contributed by atoms with Gasteiger partial charge in [-0.1, -0.05) is 13.8 Å². The van der Waals surface area contributed by atoms with Crippen LogP contribution in [0.25, 0.3) is 0 Å². The fraction of sp³-hybridized carbons (Fsp3) is 0.875. The first kappa shape index (κ1) is 18.9. The van der Waals surface area contributed by atoms with Crippen molar-refractivity contribution >= 4 is 11.8 Å². The van der Waals surface area contributed by atoms with E-state index in [1.807, 2.05) is 26.0 Å². The van der Waals surface area contributed by atoms with E-state index in [1.165, 1.54) is 0 Å². The van der Waals surface area contributed by atoms with E-state index in [-0.39, 0.29) is 23.8 Å². The Morgan fingerprint density at radius 3 is 2.50 bits per heavy atom. The summed E-state index contributed by atoms with van der Waals surface area (Å²) in [5, 5.41) is 0. The van der Waals surface area contributed by atoms with Gasteiger partial charge in [-0.3, -0.25) is 9.59 Å². The molecule has 6 nitrogen and oxygen atoms in total. The van der Waals surface area contributed by atoms with Gasteiger partial charge in [-0.15, -0.1) is 0 Å². The highest BCUT2D eigenvalue weighted by Gasteiger charge is 2.35. The Balaban J connectivity index is 2.44. The van der Waals surface area contributed by atoms with Crippen molar-refractivity contribution in [2.75, 3.05) is 47.3 Å². The van der Waals surface area contributed by atoms with Gasteiger partial charge in [0, 0.05) is 45.7 Å². The first-order chi connectivity index (χ1) is 10.2. The van der Waals surface area contributed by atoms with E-state index in [0.717, 1.165) is 13.0 Å². The lowest BCUT2D eigenvalue weighted by molar-refractivity contribution is -0.134. The molecule has 2 N–H and O–H groups in total. The maximum Gasteiger partial charge on any atom is 0.227 e. The topological polar surface area (TPSA) is 69.9 Å². The summed E-state index contributed by atoms with van der Waals surface area (Å²) >= 11 is 0. The van der Waals surface area contributed by atoms with Gasteiger partial charge in [0.2, 0.25) is 11.8 Å². The van der Waals surface area contributed by atoms with Crippen molar-refractivity contribution in [3.8, 4) is 0 Å². The molecule has 6 heteroatoms. The molecule has 0 radical (unpaired) electrons. The Morgan fingerprint density at radius 2 is 1.95 bits per heavy atom. The average molecular weight is 312 g/mol. The monoisotopic (exact) mass is 312 g/mol. The third-order valence-electron chi connectivity index (χ3n) is 4.41. The number of hydrogen-bond acceptors (Lipinski definition) is 4. The fourth-order valence-corrected chi connectivity index (χ4v) is 2.57. The number of likely N-dealkylation sites (tertiary alicyclic amines) is 1. The Bertz CT molecular complexity index is 384. The van der Waals surface area contributed by atoms with Gasteiger partial charge in [0.05, 0.1) is 5.92 Å². The van der Waals surface area contributed by atoms with Gasteiger partial charge in [-0.25, -0.2) is 0 Å². The highest BCUT2D eigenvalue weighted by molar-refractivity contribution is 5.89. The first-order valence-corrected chi connectivity index (χ1v) is 8.15. The number of carbonyl (C=O) groups excluding carboxylic acids is 2. The fourth-order valence-electron chi connectivity index (χ4n) is 2.57. The van der Waals surface area contributed by atoms with Crippen LogP contribution in [-0.2, 0) is 9.59 Å². The predicted octanol–water partition coefficient (Wildman–Crippen LogP) is 0.228. The van der Waals surface area contributed by atoms with Crippen LogP contribution in [0.2, 0.25) is 0 Å². The van der Waals surface area contributed by atoms with Crippen LogP contribution in [0.15, 0.2) is 0 Å². The summed E-state index contributed by atoms with van der Waals surface area (Å²) < 4.78 is 0. The molecule has 0 aromatic carbocycles. The van der Waals surface area contributed by atoms with Crippen molar-refractivity contribution in [1.29, 1.82) is 0 Å². The second-order valence-corrected chi connectivity index (χ2v) is 7.00. The zero-order chi connectivity index (χ0) is 16.9. The summed E-state index contributed by atoms with van der Waals surface area (Å²) in [6.45, 7) is 6.89. The standard InChI is InChI=1S/C16H32N4O2/c1-12(2)14(17)6-7-19(5)16(22)13-10-15(21)20(11-13)9-8-18(3)4/h12-14H,6-11,17H2,1-5H3. The maximum absolute atomic E-state index is 12.5. The lowest BCUT2D eigenvalue weighted by Gasteiger charge is -2.24. The Labute approximate surface area is 134 Å². The molecular weight excluding hydrogens is 280 g/mol. The van der Waals surface area contributed by atoms with Crippen LogP contribution in [0.3, 0.4) is 0 Å². The zero-order valence-corrected chi connectivity index (χ0v) is 14.7. The van der Waals surface area contributed by atoms with E-state index >= 15 is 0 Å². The highest BCUT2D eigenvalue weighted by Crippen LogP contribution is 2.20. The number of nitrogens with two attached hydrogens (primary N) is 1. The summed E-state index contributed by atoms with van der Waals surface area (Å²) in [7, 11) is 5.77. The molecule has 1 saturated heterocycles. The highest BCUT2D eigenvalue weighted by atomic mass is 16.2. The summed E-state index contributed by atoms with van der Waals surface area (Å²) in [4.78, 5) is 30.0. The molecule has 0 bridgehead atoms. The van der Waals surface area contributed by atoms with Gasteiger partial charge in [-0.05, 0) is 26.4 Å². The van der Waals surface area contributed by atoms with Crippen LogP contribution in [0.4, 0.5) is 0 Å². The molecule has 0 saturated carbocycles. The predicted molar refractivity (Wildman–Crippen MR) is 88.3 cm³/mol. The SMILES string of the molecule is CC(C)C(N)CCN(C)C(=O)C1CC(=O)N(CCN(C)C)C1. The first-order valence-electron chi connectivity index (χ1n) is 8.15. The van der Waals surface area contributed by atoms with E-state index in [4.69, 9.17) is 5.73 Å². The minimum Gasteiger partial charge on any atom is -0.345 e. The normalized spacial score (nSPS) is 20.1. The van der Waals surface area contributed by atoms with Crippen LogP contribution in [0.1, 0.15) is 26.7 Å². The number of hydrogen-bond donors (Lipinski definition) is 1. The van der Waals surface area contributed by atoms with Crippen LogP contribution in [-0.4, -0.2) is 79.9 Å². The van der Waals surface area contributed by atoms with Crippen molar-refractivity contribution < 1.29 is 9.59 Å². The van der Waals surface area contributed by atoms with Gasteiger partial charge >= 0.3 is 0 Å². The quantitative estimate of drug-likeness (QED) is 0.696. The molecule has 128 valence electrons. The number of likely N-dealkylation sites (N-methyl/N-ethyl adjacent to an activating group) is 1. The van der Waals surface area contributed by atoms with E-state index < -0.39 is 0 Å². The molecule has 2 amide bonds. The van der Waals surface area contributed by atoms with Crippen LogP contribution >= 0.6 is 0 Å². The molecule has 2 atom stereocenters. The van der Waals surface area contributed by atoms with Crippen molar-refractivity contribution in [3.63, 3.8) is 0 Å². The molecular formula is C16H32N4O2. The number of nitrogens with zero attached hydrogens (tertiary/aromatic N) is 3. The third-order valence-corrected chi connectivity index (χ3v) is 4.41. The number of carbonyl (C=O) groups is 2. The van der Waals surface area contributed by atoms with Crippen molar-refractivity contribution in [3.05, 3.63) is 0 Å². The second kappa shape index (κ2) is 8.48. The van der Waals surface area contributed by atoms with Crippen molar-refractivity contribution in [2.24, 2.45) is 17.6 Å². The van der Waals surface area contributed by atoms with Gasteiger partial charge in [0.25, 0.3) is 0 Å². The molecule has 1 heterocycles. The number of amides is 2. The van der Waals surface area contributed by atoms with Crippen molar-refractivity contribution in [1.82, 2.24) is 14.7 Å². The molecule has 1 fully saturated rings. The average Bonchev–Trinajstić information content (AvgIpc) is 2.82. The second-order valence-electron chi connectivity index (χ2n) is 7.00. The van der Waals surface area contributed by atoms with E-state index in [0.29, 0.717) is 32.0 Å².